The summed E-state index contributed by atoms with van der Waals surface area (Å²) < 4.78 is 21.8. The maximum Gasteiger partial charge on any atom is 0.270 e. The average Bonchev–Trinajstić information content (AvgIpc) is 2.16. The van der Waals surface area contributed by atoms with E-state index in [4.69, 9.17) is 0 Å². The van der Waals surface area contributed by atoms with E-state index in [2.05, 4.69) is 0 Å². The number of non-ortho nitro benzene ring substituents is 1. The van der Waals surface area contributed by atoms with Crippen LogP contribution in [-0.4, -0.2) is 13.7 Å². The second kappa shape index (κ2) is 4.50. The first-order chi connectivity index (χ1) is 6.93. The van der Waals surface area contributed by atoms with Crippen molar-refractivity contribution in [3.63, 3.8) is 0 Å². The second-order valence-corrected chi connectivity index (χ2v) is 4.28. The van der Waals surface area contributed by atoms with Crippen molar-refractivity contribution in [1.29, 1.82) is 0 Å². The van der Waals surface area contributed by atoms with Crippen LogP contribution in [0.5, 0.6) is 0 Å². The van der Waals surface area contributed by atoms with E-state index < -0.39 is 16.0 Å². The number of nitrogens with zero attached hydrogens (tertiary/aromatic N) is 1. The fraction of sp³-hybridized carbons (Fsp3) is 0.333. The van der Waals surface area contributed by atoms with Gasteiger partial charge in [0, 0.05) is 17.0 Å². The van der Waals surface area contributed by atoms with Gasteiger partial charge < -0.3 is 4.55 Å². The Kier molecular flexibility index (Phi) is 3.54. The molecule has 0 aliphatic heterocycles. The summed E-state index contributed by atoms with van der Waals surface area (Å²) in [5, 5.41) is 10.5. The molecule has 0 aliphatic rings. The van der Waals surface area contributed by atoms with Crippen molar-refractivity contribution >= 4 is 16.8 Å². The molecule has 0 heterocycles. The zero-order chi connectivity index (χ0) is 11.6. The van der Waals surface area contributed by atoms with Gasteiger partial charge >= 0.3 is 0 Å². The van der Waals surface area contributed by atoms with Gasteiger partial charge in [0.15, 0.2) is 0 Å². The summed E-state index contributed by atoms with van der Waals surface area (Å²) in [4.78, 5) is 9.85. The first-order valence-corrected chi connectivity index (χ1v) is 5.38. The van der Waals surface area contributed by atoms with Crippen molar-refractivity contribution in [1.82, 2.24) is 0 Å². The molecule has 0 N–H and O–H groups in total. The lowest BCUT2D eigenvalue weighted by atomic mass is 10.0. The Morgan fingerprint density at radius 3 is 2.40 bits per heavy atom. The van der Waals surface area contributed by atoms with Gasteiger partial charge in [-0.15, -0.1) is 0 Å². The fourth-order valence-electron chi connectivity index (χ4n) is 1.26. The van der Waals surface area contributed by atoms with Gasteiger partial charge in [-0.25, -0.2) is 0 Å². The molecular formula is C9H10NO4S-. The van der Waals surface area contributed by atoms with Gasteiger partial charge in [0.05, 0.1) is 4.92 Å². The molecule has 1 unspecified atom stereocenters. The Balaban J connectivity index is 3.33. The highest BCUT2D eigenvalue weighted by atomic mass is 32.2. The highest BCUT2D eigenvalue weighted by Gasteiger charge is 2.13. The van der Waals surface area contributed by atoms with Crippen LogP contribution < -0.4 is 0 Å². The molecule has 6 heteroatoms. The number of nitro groups is 1. The van der Waals surface area contributed by atoms with E-state index in [0.717, 1.165) is 6.07 Å². The van der Waals surface area contributed by atoms with Crippen molar-refractivity contribution in [3.8, 4) is 0 Å². The van der Waals surface area contributed by atoms with Crippen molar-refractivity contribution in [2.75, 3.05) is 0 Å². The summed E-state index contributed by atoms with van der Waals surface area (Å²) in [7, 11) is 0. The molecule has 0 radical (unpaired) electrons. The van der Waals surface area contributed by atoms with E-state index in [1.54, 1.807) is 0 Å². The summed E-state index contributed by atoms with van der Waals surface area (Å²) in [6.07, 6.45) is 0. The van der Waals surface area contributed by atoms with Gasteiger partial charge in [0.25, 0.3) is 5.69 Å². The lowest BCUT2D eigenvalue weighted by molar-refractivity contribution is -0.385. The van der Waals surface area contributed by atoms with Crippen molar-refractivity contribution in [2.24, 2.45) is 0 Å². The fourth-order valence-corrected chi connectivity index (χ4v) is 1.97. The highest BCUT2D eigenvalue weighted by molar-refractivity contribution is 7.79. The topological polar surface area (TPSA) is 83.3 Å². The van der Waals surface area contributed by atoms with Crippen LogP contribution in [0.4, 0.5) is 5.69 Å². The standard InChI is InChI=1S/C9H11NO4S/c1-6(2)8-4-3-7(10(11)12)5-9(8)15(13)14/h3-6H,1-2H3,(H,13,14)/p-1. The van der Waals surface area contributed by atoms with Crippen LogP contribution in [0.2, 0.25) is 0 Å². The Morgan fingerprint density at radius 1 is 1.40 bits per heavy atom. The largest absolute Gasteiger partial charge is 0.768 e. The molecule has 0 aromatic heterocycles. The number of hydrogen-bond donors (Lipinski definition) is 0. The summed E-state index contributed by atoms with van der Waals surface area (Å²) in [6, 6.07) is 3.87. The Morgan fingerprint density at radius 2 is 2.00 bits per heavy atom. The predicted molar refractivity (Wildman–Crippen MR) is 54.4 cm³/mol. The summed E-state index contributed by atoms with van der Waals surface area (Å²) in [5.74, 6) is 0.0127. The molecule has 1 aromatic rings. The first kappa shape index (κ1) is 11.8. The number of rotatable bonds is 3. The molecule has 0 amide bonds. The van der Waals surface area contributed by atoms with E-state index >= 15 is 0 Å². The van der Waals surface area contributed by atoms with Gasteiger partial charge in [-0.3, -0.25) is 14.3 Å². The van der Waals surface area contributed by atoms with Crippen LogP contribution >= 0.6 is 0 Å². The smallest absolute Gasteiger partial charge is 0.270 e. The van der Waals surface area contributed by atoms with E-state index in [1.165, 1.54) is 12.1 Å². The van der Waals surface area contributed by atoms with Crippen molar-refractivity contribution in [2.45, 2.75) is 24.7 Å². The Labute approximate surface area is 89.6 Å². The molecule has 1 atom stereocenters. The van der Waals surface area contributed by atoms with E-state index in [1.807, 2.05) is 13.8 Å². The third-order valence-electron chi connectivity index (χ3n) is 2.01. The zero-order valence-electron chi connectivity index (χ0n) is 8.30. The summed E-state index contributed by atoms with van der Waals surface area (Å²) in [6.45, 7) is 3.66. The number of hydrogen-bond acceptors (Lipinski definition) is 4. The average molecular weight is 228 g/mol. The van der Waals surface area contributed by atoms with Gasteiger partial charge in [-0.1, -0.05) is 19.9 Å². The third-order valence-corrected chi connectivity index (χ3v) is 2.72. The molecular weight excluding hydrogens is 218 g/mol. The van der Waals surface area contributed by atoms with E-state index in [-0.39, 0.29) is 16.5 Å². The quantitative estimate of drug-likeness (QED) is 0.449. The minimum atomic E-state index is -2.44. The molecule has 1 rings (SSSR count). The molecule has 0 bridgehead atoms. The monoisotopic (exact) mass is 228 g/mol. The number of nitro benzene ring substituents is 1. The molecule has 0 spiro atoms. The van der Waals surface area contributed by atoms with E-state index in [0.29, 0.717) is 5.56 Å². The van der Waals surface area contributed by atoms with Crippen LogP contribution in [-0.2, 0) is 11.1 Å². The maximum absolute atomic E-state index is 10.9. The summed E-state index contributed by atoms with van der Waals surface area (Å²) in [5.41, 5.74) is 0.382. The Bertz CT molecular complexity index is 417. The van der Waals surface area contributed by atoms with Crippen LogP contribution in [0.15, 0.2) is 23.1 Å². The summed E-state index contributed by atoms with van der Waals surface area (Å²) >= 11 is -2.44. The highest BCUT2D eigenvalue weighted by Crippen LogP contribution is 2.26. The van der Waals surface area contributed by atoms with E-state index in [9.17, 15) is 18.9 Å². The molecule has 5 nitrogen and oxygen atoms in total. The van der Waals surface area contributed by atoms with Crippen LogP contribution in [0, 0.1) is 10.1 Å². The lowest BCUT2D eigenvalue weighted by Gasteiger charge is -2.14. The van der Waals surface area contributed by atoms with Gasteiger partial charge in [0.1, 0.15) is 0 Å². The molecule has 0 saturated heterocycles. The Hall–Kier alpha value is -1.27. The van der Waals surface area contributed by atoms with Gasteiger partial charge in [-0.05, 0) is 22.6 Å². The molecule has 0 fully saturated rings. The second-order valence-electron chi connectivity index (χ2n) is 3.37. The maximum atomic E-state index is 10.9. The minimum Gasteiger partial charge on any atom is -0.768 e. The van der Waals surface area contributed by atoms with Crippen LogP contribution in [0.3, 0.4) is 0 Å². The van der Waals surface area contributed by atoms with Gasteiger partial charge in [-0.2, -0.15) is 0 Å². The lowest BCUT2D eigenvalue weighted by Crippen LogP contribution is -2.00. The molecule has 82 valence electrons. The van der Waals surface area contributed by atoms with Crippen molar-refractivity contribution < 1.29 is 13.7 Å². The minimum absolute atomic E-state index is 0.000741. The predicted octanol–water partition coefficient (Wildman–Crippen LogP) is 1.96. The zero-order valence-corrected chi connectivity index (χ0v) is 9.11. The van der Waals surface area contributed by atoms with Crippen LogP contribution in [0.1, 0.15) is 25.3 Å². The normalized spacial score (nSPS) is 12.8. The first-order valence-electron chi connectivity index (χ1n) is 4.31. The van der Waals surface area contributed by atoms with Gasteiger partial charge in [0.2, 0.25) is 0 Å². The molecule has 0 saturated carbocycles. The van der Waals surface area contributed by atoms with Crippen LogP contribution in [0.25, 0.3) is 0 Å². The molecule has 15 heavy (non-hydrogen) atoms. The van der Waals surface area contributed by atoms with Crippen molar-refractivity contribution in [3.05, 3.63) is 33.9 Å². The number of benzene rings is 1. The molecule has 0 aliphatic carbocycles. The SMILES string of the molecule is CC(C)c1ccc([N+](=O)[O-])cc1S(=O)[O-]. The third kappa shape index (κ3) is 2.60. The molecule has 1 aromatic carbocycles.